The van der Waals surface area contributed by atoms with E-state index in [2.05, 4.69) is 19.2 Å². The highest BCUT2D eigenvalue weighted by molar-refractivity contribution is 5.26. The Morgan fingerprint density at radius 1 is 1.19 bits per heavy atom. The van der Waals surface area contributed by atoms with Crippen molar-refractivity contribution in [3.63, 3.8) is 0 Å². The van der Waals surface area contributed by atoms with Crippen LogP contribution in [-0.4, -0.2) is 6.04 Å². The van der Waals surface area contributed by atoms with E-state index >= 15 is 0 Å². The largest absolute Gasteiger partial charge is 0.416 e. The van der Waals surface area contributed by atoms with Gasteiger partial charge in [-0.1, -0.05) is 26.7 Å². The first kappa shape index (κ1) is 16.3. The van der Waals surface area contributed by atoms with Crippen LogP contribution in [0.25, 0.3) is 0 Å². The fourth-order valence-electron chi connectivity index (χ4n) is 3.03. The van der Waals surface area contributed by atoms with Gasteiger partial charge < -0.3 is 5.32 Å². The number of hydrogen-bond acceptors (Lipinski definition) is 1. The Labute approximate surface area is 122 Å². The summed E-state index contributed by atoms with van der Waals surface area (Å²) in [6, 6.07) is 2.97. The molecule has 0 radical (unpaired) electrons. The van der Waals surface area contributed by atoms with Crippen molar-refractivity contribution >= 4 is 0 Å². The van der Waals surface area contributed by atoms with Crippen LogP contribution in [0.5, 0.6) is 0 Å². The molecular weight excluding hydrogens is 282 g/mol. The molecule has 1 unspecified atom stereocenters. The number of halogens is 4. The van der Waals surface area contributed by atoms with E-state index in [0.717, 1.165) is 31.4 Å². The molecule has 1 fully saturated rings. The van der Waals surface area contributed by atoms with Crippen LogP contribution in [0.1, 0.15) is 50.7 Å². The van der Waals surface area contributed by atoms with E-state index in [1.807, 2.05) is 0 Å². The summed E-state index contributed by atoms with van der Waals surface area (Å²) < 4.78 is 51.4. The van der Waals surface area contributed by atoms with E-state index in [9.17, 15) is 17.6 Å². The van der Waals surface area contributed by atoms with Gasteiger partial charge in [0.05, 0.1) is 5.56 Å². The third kappa shape index (κ3) is 4.19. The maximum atomic E-state index is 13.3. The van der Waals surface area contributed by atoms with Gasteiger partial charge in [-0.15, -0.1) is 0 Å². The van der Waals surface area contributed by atoms with Crippen molar-refractivity contribution in [2.24, 2.45) is 5.41 Å². The quantitative estimate of drug-likeness (QED) is 0.783. The molecule has 0 amide bonds. The third-order valence-corrected chi connectivity index (χ3v) is 4.34. The molecule has 5 heteroatoms. The number of alkyl halides is 3. The van der Waals surface area contributed by atoms with Crippen LogP contribution in [0.4, 0.5) is 17.6 Å². The maximum Gasteiger partial charge on any atom is 0.416 e. The van der Waals surface area contributed by atoms with E-state index in [0.29, 0.717) is 11.6 Å². The Kier molecular flexibility index (Phi) is 4.61. The fraction of sp³-hybridized carbons (Fsp3) is 0.625. The number of nitrogens with one attached hydrogen (secondary N) is 1. The number of rotatable bonds is 3. The minimum Gasteiger partial charge on any atom is -0.309 e. The van der Waals surface area contributed by atoms with Gasteiger partial charge in [0.2, 0.25) is 0 Å². The lowest BCUT2D eigenvalue weighted by Crippen LogP contribution is -2.43. The SMILES string of the molecule is CC1(C)CCCCC1NCc1cc(F)cc(C(F)(F)F)c1. The predicted octanol–water partition coefficient (Wildman–Crippen LogP) is 4.90. The zero-order valence-electron chi connectivity index (χ0n) is 12.4. The van der Waals surface area contributed by atoms with Crippen LogP contribution in [0, 0.1) is 11.2 Å². The Hall–Kier alpha value is -1.10. The zero-order valence-corrected chi connectivity index (χ0v) is 12.4. The second-order valence-electron chi connectivity index (χ2n) is 6.51. The molecule has 0 saturated heterocycles. The molecule has 1 aromatic carbocycles. The summed E-state index contributed by atoms with van der Waals surface area (Å²) in [6.07, 6.45) is -0.0988. The minimum absolute atomic E-state index is 0.123. The molecule has 21 heavy (non-hydrogen) atoms. The molecule has 0 aromatic heterocycles. The molecule has 1 N–H and O–H groups in total. The summed E-state index contributed by atoms with van der Waals surface area (Å²) in [7, 11) is 0. The standard InChI is InChI=1S/C16H21F4N/c1-15(2)6-4-3-5-14(15)21-10-11-7-12(16(18,19)20)9-13(17)8-11/h7-9,14,21H,3-6,10H2,1-2H3. The van der Waals surface area contributed by atoms with Crippen LogP contribution in [0.2, 0.25) is 0 Å². The Bertz CT molecular complexity index is 494. The van der Waals surface area contributed by atoms with Crippen LogP contribution in [0.3, 0.4) is 0 Å². The molecule has 2 rings (SSSR count). The van der Waals surface area contributed by atoms with Crippen molar-refractivity contribution in [1.29, 1.82) is 0 Å². The average Bonchev–Trinajstić information content (AvgIpc) is 2.35. The molecule has 1 nitrogen and oxygen atoms in total. The van der Waals surface area contributed by atoms with Crippen LogP contribution < -0.4 is 5.32 Å². The van der Waals surface area contributed by atoms with Gasteiger partial charge in [0.25, 0.3) is 0 Å². The molecular formula is C16H21F4N. The summed E-state index contributed by atoms with van der Waals surface area (Å²) in [6.45, 7) is 4.59. The van der Waals surface area contributed by atoms with Gasteiger partial charge in [0.15, 0.2) is 0 Å². The van der Waals surface area contributed by atoms with Gasteiger partial charge in [-0.3, -0.25) is 0 Å². The van der Waals surface area contributed by atoms with E-state index in [1.54, 1.807) is 0 Å². The summed E-state index contributed by atoms with van der Waals surface area (Å²) in [4.78, 5) is 0. The number of hydrogen-bond donors (Lipinski definition) is 1. The average molecular weight is 303 g/mol. The van der Waals surface area contributed by atoms with Crippen molar-refractivity contribution in [3.05, 3.63) is 35.1 Å². The van der Waals surface area contributed by atoms with Gasteiger partial charge in [-0.05, 0) is 42.0 Å². The minimum atomic E-state index is -4.51. The van der Waals surface area contributed by atoms with Crippen molar-refractivity contribution in [3.8, 4) is 0 Å². The van der Waals surface area contributed by atoms with Crippen molar-refractivity contribution in [2.75, 3.05) is 0 Å². The molecule has 1 atom stereocenters. The van der Waals surface area contributed by atoms with Crippen molar-refractivity contribution in [1.82, 2.24) is 5.32 Å². The highest BCUT2D eigenvalue weighted by Gasteiger charge is 2.33. The van der Waals surface area contributed by atoms with Gasteiger partial charge in [0.1, 0.15) is 5.82 Å². The maximum absolute atomic E-state index is 13.3. The van der Waals surface area contributed by atoms with Crippen molar-refractivity contribution in [2.45, 2.75) is 58.3 Å². The van der Waals surface area contributed by atoms with E-state index < -0.39 is 17.6 Å². The lowest BCUT2D eigenvalue weighted by Gasteiger charge is -2.39. The molecule has 118 valence electrons. The monoisotopic (exact) mass is 303 g/mol. The molecule has 1 aliphatic rings. The second-order valence-corrected chi connectivity index (χ2v) is 6.51. The van der Waals surface area contributed by atoms with Gasteiger partial charge >= 0.3 is 6.18 Å². The summed E-state index contributed by atoms with van der Waals surface area (Å²) in [5.74, 6) is -0.843. The van der Waals surface area contributed by atoms with Crippen molar-refractivity contribution < 1.29 is 17.6 Å². The highest BCUT2D eigenvalue weighted by Crippen LogP contribution is 2.36. The van der Waals surface area contributed by atoms with Gasteiger partial charge in [0, 0.05) is 12.6 Å². The third-order valence-electron chi connectivity index (χ3n) is 4.34. The Morgan fingerprint density at radius 2 is 1.90 bits per heavy atom. The zero-order chi connectivity index (χ0) is 15.7. The Balaban J connectivity index is 2.08. The second kappa shape index (κ2) is 5.95. The van der Waals surface area contributed by atoms with Crippen LogP contribution in [0.15, 0.2) is 18.2 Å². The van der Waals surface area contributed by atoms with E-state index in [1.165, 1.54) is 6.42 Å². The smallest absolute Gasteiger partial charge is 0.309 e. The predicted molar refractivity (Wildman–Crippen MR) is 74.3 cm³/mol. The van der Waals surface area contributed by atoms with E-state index in [-0.39, 0.29) is 18.0 Å². The molecule has 1 saturated carbocycles. The number of benzene rings is 1. The molecule has 0 heterocycles. The summed E-state index contributed by atoms with van der Waals surface area (Å²) >= 11 is 0. The molecule has 1 aliphatic carbocycles. The first-order valence-electron chi connectivity index (χ1n) is 7.28. The fourth-order valence-corrected chi connectivity index (χ4v) is 3.03. The summed E-state index contributed by atoms with van der Waals surface area (Å²) in [5, 5.41) is 3.30. The molecule has 0 spiro atoms. The lowest BCUT2D eigenvalue weighted by molar-refractivity contribution is -0.137. The first-order chi connectivity index (χ1) is 9.68. The topological polar surface area (TPSA) is 12.0 Å². The Morgan fingerprint density at radius 3 is 2.52 bits per heavy atom. The normalized spacial score (nSPS) is 22.3. The molecule has 0 aliphatic heterocycles. The molecule has 0 bridgehead atoms. The first-order valence-corrected chi connectivity index (χ1v) is 7.28. The highest BCUT2D eigenvalue weighted by atomic mass is 19.4. The van der Waals surface area contributed by atoms with Crippen LogP contribution >= 0.6 is 0 Å². The van der Waals surface area contributed by atoms with Gasteiger partial charge in [-0.2, -0.15) is 13.2 Å². The van der Waals surface area contributed by atoms with Gasteiger partial charge in [-0.25, -0.2) is 4.39 Å². The molecule has 1 aromatic rings. The van der Waals surface area contributed by atoms with Crippen LogP contribution in [-0.2, 0) is 12.7 Å². The lowest BCUT2D eigenvalue weighted by atomic mass is 9.73. The summed E-state index contributed by atoms with van der Waals surface area (Å²) in [5.41, 5.74) is -0.468. The van der Waals surface area contributed by atoms with E-state index in [4.69, 9.17) is 0 Å².